The Kier molecular flexibility index (Phi) is 7.98. The Morgan fingerprint density at radius 1 is 0.900 bits per heavy atom. The fraction of sp³-hybridized carbons (Fsp3) is 0.348. The van der Waals surface area contributed by atoms with Crippen LogP contribution in [0.2, 0.25) is 0 Å². The Bertz CT molecular complexity index is 857. The minimum atomic E-state index is -0.907. The molecule has 30 heavy (non-hydrogen) atoms. The summed E-state index contributed by atoms with van der Waals surface area (Å²) in [5, 5.41) is 5.14. The molecule has 7 nitrogen and oxygen atoms in total. The highest BCUT2D eigenvalue weighted by atomic mass is 16.5. The summed E-state index contributed by atoms with van der Waals surface area (Å²) in [5.41, 5.74) is 1.78. The van der Waals surface area contributed by atoms with Crippen molar-refractivity contribution in [3.8, 4) is 5.75 Å². The van der Waals surface area contributed by atoms with Crippen molar-refractivity contribution in [2.75, 3.05) is 18.5 Å². The van der Waals surface area contributed by atoms with Crippen LogP contribution in [0.4, 0.5) is 5.69 Å². The van der Waals surface area contributed by atoms with Crippen LogP contribution in [-0.4, -0.2) is 37.0 Å². The van der Waals surface area contributed by atoms with E-state index in [-0.39, 0.29) is 12.0 Å². The monoisotopic (exact) mass is 412 g/mol. The quantitative estimate of drug-likeness (QED) is 0.650. The van der Waals surface area contributed by atoms with Crippen molar-refractivity contribution in [3.63, 3.8) is 0 Å². The maximum absolute atomic E-state index is 12.0. The van der Waals surface area contributed by atoms with E-state index in [0.29, 0.717) is 11.4 Å². The zero-order valence-electron chi connectivity index (χ0n) is 17.7. The van der Waals surface area contributed by atoms with Gasteiger partial charge in [0, 0.05) is 5.69 Å². The predicted octanol–water partition coefficient (Wildman–Crippen LogP) is 3.05. The lowest BCUT2D eigenvalue weighted by atomic mass is 9.87. The van der Waals surface area contributed by atoms with Crippen LogP contribution in [0.15, 0.2) is 54.6 Å². The first-order valence-electron chi connectivity index (χ1n) is 9.69. The summed E-state index contributed by atoms with van der Waals surface area (Å²) in [5.74, 6) is -1.08. The van der Waals surface area contributed by atoms with Gasteiger partial charge in [-0.15, -0.1) is 0 Å². The van der Waals surface area contributed by atoms with Crippen molar-refractivity contribution in [2.24, 2.45) is 0 Å². The number of rotatable bonds is 8. The van der Waals surface area contributed by atoms with Crippen molar-refractivity contribution < 1.29 is 23.9 Å². The predicted molar refractivity (Wildman–Crippen MR) is 114 cm³/mol. The molecule has 2 N–H and O–H groups in total. The normalized spacial score (nSPS) is 11.9. The number of benzene rings is 2. The van der Waals surface area contributed by atoms with Gasteiger partial charge in [0.15, 0.2) is 13.2 Å². The van der Waals surface area contributed by atoms with Crippen LogP contribution in [0, 0.1) is 0 Å². The molecule has 0 fully saturated rings. The molecule has 0 saturated heterocycles. The minimum Gasteiger partial charge on any atom is -0.484 e. The first-order valence-corrected chi connectivity index (χ1v) is 9.69. The van der Waals surface area contributed by atoms with Gasteiger partial charge in [0.2, 0.25) is 0 Å². The van der Waals surface area contributed by atoms with Crippen molar-refractivity contribution in [1.29, 1.82) is 0 Å². The van der Waals surface area contributed by atoms with Crippen LogP contribution in [0.3, 0.4) is 0 Å². The molecule has 2 aromatic rings. The average Bonchev–Trinajstić information content (AvgIpc) is 2.71. The highest BCUT2D eigenvalue weighted by Crippen LogP contribution is 2.23. The van der Waals surface area contributed by atoms with Crippen molar-refractivity contribution in [2.45, 2.75) is 39.2 Å². The van der Waals surface area contributed by atoms with Gasteiger partial charge >= 0.3 is 5.97 Å². The van der Waals surface area contributed by atoms with Crippen LogP contribution in [0.5, 0.6) is 5.75 Å². The van der Waals surface area contributed by atoms with E-state index in [2.05, 4.69) is 31.4 Å². The number of amides is 2. The summed E-state index contributed by atoms with van der Waals surface area (Å²) < 4.78 is 10.3. The molecule has 0 aromatic heterocycles. The van der Waals surface area contributed by atoms with E-state index in [1.54, 1.807) is 36.4 Å². The molecule has 160 valence electrons. The first-order chi connectivity index (χ1) is 14.1. The summed E-state index contributed by atoms with van der Waals surface area (Å²) in [6.45, 7) is 7.12. The Morgan fingerprint density at radius 2 is 1.53 bits per heavy atom. The Labute approximate surface area is 176 Å². The number of carbonyl (C=O) groups is 3. The Morgan fingerprint density at radius 3 is 2.13 bits per heavy atom. The summed E-state index contributed by atoms with van der Waals surface area (Å²) in [6.07, 6.45) is 0. The highest BCUT2D eigenvalue weighted by molar-refractivity contribution is 5.93. The zero-order chi connectivity index (χ0) is 22.1. The fourth-order valence-electron chi connectivity index (χ4n) is 2.52. The number of para-hydroxylation sites is 1. The SMILES string of the molecule is C[C@H](NC(=O)COc1ccccc1)C(=O)OCC(=O)Nc1ccc(C(C)(C)C)cc1. The molecule has 7 heteroatoms. The molecule has 0 saturated carbocycles. The molecule has 2 rings (SSSR count). The van der Waals surface area contributed by atoms with Crippen LogP contribution in [0.1, 0.15) is 33.3 Å². The molecule has 2 amide bonds. The van der Waals surface area contributed by atoms with Crippen molar-refractivity contribution in [1.82, 2.24) is 5.32 Å². The molecule has 0 radical (unpaired) electrons. The lowest BCUT2D eigenvalue weighted by Crippen LogP contribution is -2.42. The highest BCUT2D eigenvalue weighted by Gasteiger charge is 2.19. The first kappa shape index (κ1) is 22.9. The third-order valence-corrected chi connectivity index (χ3v) is 4.22. The molecule has 0 heterocycles. The zero-order valence-corrected chi connectivity index (χ0v) is 17.7. The molecule has 0 aliphatic heterocycles. The van der Waals surface area contributed by atoms with Gasteiger partial charge in [-0.3, -0.25) is 9.59 Å². The van der Waals surface area contributed by atoms with Crippen LogP contribution in [0.25, 0.3) is 0 Å². The molecule has 0 unspecified atom stereocenters. The largest absolute Gasteiger partial charge is 0.484 e. The van der Waals surface area contributed by atoms with Crippen molar-refractivity contribution >= 4 is 23.5 Å². The summed E-state index contributed by atoms with van der Waals surface area (Å²) in [7, 11) is 0. The second kappa shape index (κ2) is 10.4. The number of hydrogen-bond acceptors (Lipinski definition) is 5. The molecule has 0 spiro atoms. The number of nitrogens with one attached hydrogen (secondary N) is 2. The topological polar surface area (TPSA) is 93.7 Å². The molecule has 0 aliphatic carbocycles. The van der Waals surface area contributed by atoms with Gasteiger partial charge in [-0.2, -0.15) is 0 Å². The van der Waals surface area contributed by atoms with Gasteiger partial charge in [-0.1, -0.05) is 51.1 Å². The summed E-state index contributed by atoms with van der Waals surface area (Å²) in [4.78, 5) is 35.9. The smallest absolute Gasteiger partial charge is 0.328 e. The van der Waals surface area contributed by atoms with E-state index < -0.39 is 30.4 Å². The number of esters is 1. The van der Waals surface area contributed by atoms with Gasteiger partial charge in [0.1, 0.15) is 11.8 Å². The van der Waals surface area contributed by atoms with Gasteiger partial charge in [-0.05, 0) is 42.2 Å². The minimum absolute atomic E-state index is 0.0186. The third-order valence-electron chi connectivity index (χ3n) is 4.22. The van der Waals surface area contributed by atoms with E-state index in [1.807, 2.05) is 18.2 Å². The van der Waals surface area contributed by atoms with E-state index in [1.165, 1.54) is 6.92 Å². The number of hydrogen-bond donors (Lipinski definition) is 2. The summed E-state index contributed by atoms with van der Waals surface area (Å²) >= 11 is 0. The molecule has 2 aromatic carbocycles. The number of anilines is 1. The van der Waals surface area contributed by atoms with E-state index in [0.717, 1.165) is 5.56 Å². The number of carbonyl (C=O) groups excluding carboxylic acids is 3. The van der Waals surface area contributed by atoms with Crippen molar-refractivity contribution in [3.05, 3.63) is 60.2 Å². The average molecular weight is 412 g/mol. The standard InChI is InChI=1S/C23H28N2O5/c1-16(24-20(26)14-29-19-8-6-5-7-9-19)22(28)30-15-21(27)25-18-12-10-17(11-13-18)23(2,3)4/h5-13,16H,14-15H2,1-4H3,(H,24,26)(H,25,27)/t16-/m0/s1. The Balaban J connectivity index is 1.72. The van der Waals surface area contributed by atoms with Crippen LogP contribution < -0.4 is 15.4 Å². The van der Waals surface area contributed by atoms with E-state index in [4.69, 9.17) is 9.47 Å². The van der Waals surface area contributed by atoms with Gasteiger partial charge in [0.05, 0.1) is 0 Å². The lowest BCUT2D eigenvalue weighted by Gasteiger charge is -2.19. The van der Waals surface area contributed by atoms with Gasteiger partial charge < -0.3 is 20.1 Å². The van der Waals surface area contributed by atoms with Crippen LogP contribution >= 0.6 is 0 Å². The second-order valence-electron chi connectivity index (χ2n) is 7.87. The third kappa shape index (κ3) is 7.58. The maximum atomic E-state index is 12.0. The molecule has 1 atom stereocenters. The fourth-order valence-corrected chi connectivity index (χ4v) is 2.52. The molecular weight excluding hydrogens is 384 g/mol. The van der Waals surface area contributed by atoms with E-state index >= 15 is 0 Å². The molecular formula is C23H28N2O5. The van der Waals surface area contributed by atoms with Gasteiger partial charge in [0.25, 0.3) is 11.8 Å². The molecule has 0 aliphatic rings. The molecule has 0 bridgehead atoms. The second-order valence-corrected chi connectivity index (χ2v) is 7.87. The van der Waals surface area contributed by atoms with E-state index in [9.17, 15) is 14.4 Å². The number of ether oxygens (including phenoxy) is 2. The summed E-state index contributed by atoms with van der Waals surface area (Å²) in [6, 6.07) is 15.4. The maximum Gasteiger partial charge on any atom is 0.328 e. The lowest BCUT2D eigenvalue weighted by molar-refractivity contribution is -0.150. The van der Waals surface area contributed by atoms with Crippen LogP contribution in [-0.2, 0) is 24.5 Å². The van der Waals surface area contributed by atoms with Gasteiger partial charge in [-0.25, -0.2) is 4.79 Å². The Hall–Kier alpha value is -3.35.